The van der Waals surface area contributed by atoms with Crippen LogP contribution < -0.4 is 4.90 Å². The number of esters is 1. The van der Waals surface area contributed by atoms with E-state index in [-0.39, 0.29) is 5.82 Å². The zero-order valence-corrected chi connectivity index (χ0v) is 13.9. The Labute approximate surface area is 143 Å². The molecule has 0 spiro atoms. The number of hydrogen-bond acceptors (Lipinski definition) is 4. The van der Waals surface area contributed by atoms with Crippen molar-refractivity contribution in [3.05, 3.63) is 46.6 Å². The third kappa shape index (κ3) is 3.20. The van der Waals surface area contributed by atoms with Gasteiger partial charge >= 0.3 is 12.1 Å². The predicted octanol–water partition coefficient (Wildman–Crippen LogP) is 3.41. The zero-order valence-electron chi connectivity index (χ0n) is 13.9. The molecule has 0 amide bonds. The number of carbonyl (C=O) groups excluding carboxylic acids is 1. The Kier molecular flexibility index (Phi) is 4.45. The van der Waals surface area contributed by atoms with Crippen molar-refractivity contribution in [3.63, 3.8) is 0 Å². The number of fused-ring (bicyclic) bond motifs is 1. The average molecular weight is 353 g/mol. The molecule has 0 saturated carbocycles. The molecule has 3 rings (SSSR count). The van der Waals surface area contributed by atoms with Gasteiger partial charge in [0.2, 0.25) is 0 Å². The van der Waals surface area contributed by atoms with E-state index in [0.717, 1.165) is 18.2 Å². The fourth-order valence-electron chi connectivity index (χ4n) is 3.08. The molecule has 5 nitrogen and oxygen atoms in total. The highest BCUT2D eigenvalue weighted by atomic mass is 19.4. The Morgan fingerprint density at radius 2 is 2.00 bits per heavy atom. The summed E-state index contributed by atoms with van der Waals surface area (Å²) in [6.45, 7) is 3.22. The van der Waals surface area contributed by atoms with Gasteiger partial charge in [-0.15, -0.1) is 0 Å². The van der Waals surface area contributed by atoms with Gasteiger partial charge in [0.05, 0.1) is 7.11 Å². The van der Waals surface area contributed by atoms with E-state index in [1.807, 2.05) is 31.2 Å². The third-order valence-electron chi connectivity index (χ3n) is 4.30. The number of aryl methyl sites for hydroxylation is 2. The third-order valence-corrected chi connectivity index (χ3v) is 4.30. The zero-order chi connectivity index (χ0) is 18.2. The summed E-state index contributed by atoms with van der Waals surface area (Å²) < 4.78 is 45.9. The summed E-state index contributed by atoms with van der Waals surface area (Å²) in [7, 11) is 1.07. The second-order valence-electron chi connectivity index (χ2n) is 5.96. The molecule has 0 radical (unpaired) electrons. The Morgan fingerprint density at radius 1 is 1.28 bits per heavy atom. The average Bonchev–Trinajstić information content (AvgIpc) is 2.97. The van der Waals surface area contributed by atoms with Gasteiger partial charge in [0.15, 0.2) is 5.69 Å². The Hall–Kier alpha value is -2.51. The van der Waals surface area contributed by atoms with Crippen molar-refractivity contribution in [3.8, 4) is 0 Å². The number of aromatic nitrogens is 2. The molecule has 134 valence electrons. The molecule has 0 atom stereocenters. The molecule has 0 N–H and O–H groups in total. The van der Waals surface area contributed by atoms with Gasteiger partial charge in [0.1, 0.15) is 11.4 Å². The van der Waals surface area contributed by atoms with Crippen molar-refractivity contribution in [2.24, 2.45) is 0 Å². The first kappa shape index (κ1) is 17.3. The van der Waals surface area contributed by atoms with Gasteiger partial charge in [-0.2, -0.15) is 18.3 Å². The Balaban J connectivity index is 2.09. The quantitative estimate of drug-likeness (QED) is 0.794. The molecule has 1 aromatic carbocycles. The number of halogens is 3. The van der Waals surface area contributed by atoms with Crippen LogP contribution >= 0.6 is 0 Å². The first-order chi connectivity index (χ1) is 11.8. The lowest BCUT2D eigenvalue weighted by molar-refractivity contribution is -0.142. The minimum absolute atomic E-state index is 0.175. The maximum atomic E-state index is 13.3. The number of benzene rings is 1. The number of ether oxygens (including phenoxy) is 1. The summed E-state index contributed by atoms with van der Waals surface area (Å²) in [4.78, 5) is 13.8. The van der Waals surface area contributed by atoms with Crippen LogP contribution in [0, 0.1) is 6.92 Å². The summed E-state index contributed by atoms with van der Waals surface area (Å²) in [5.74, 6) is -0.848. The maximum absolute atomic E-state index is 13.3. The van der Waals surface area contributed by atoms with E-state index in [4.69, 9.17) is 0 Å². The second-order valence-corrected chi connectivity index (χ2v) is 5.96. The molecule has 8 heteroatoms. The van der Waals surface area contributed by atoms with Crippen LogP contribution in [0.2, 0.25) is 0 Å². The highest BCUT2D eigenvalue weighted by molar-refractivity contribution is 5.96. The van der Waals surface area contributed by atoms with Gasteiger partial charge in [-0.1, -0.05) is 24.3 Å². The van der Waals surface area contributed by atoms with Crippen LogP contribution in [0.4, 0.5) is 19.0 Å². The van der Waals surface area contributed by atoms with Crippen LogP contribution in [-0.2, 0) is 24.0 Å². The molecule has 25 heavy (non-hydrogen) atoms. The van der Waals surface area contributed by atoms with E-state index in [9.17, 15) is 18.0 Å². The number of rotatable bonds is 3. The lowest BCUT2D eigenvalue weighted by Gasteiger charge is -2.30. The molecular formula is C17H18F3N3O2. The smallest absolute Gasteiger partial charge is 0.436 e. The van der Waals surface area contributed by atoms with E-state index in [1.54, 1.807) is 4.90 Å². The van der Waals surface area contributed by atoms with Gasteiger partial charge in [-0.3, -0.25) is 0 Å². The van der Waals surface area contributed by atoms with E-state index >= 15 is 0 Å². The number of alkyl halides is 3. The standard InChI is InChI=1S/C17H18F3N3O2/c1-11-6-3-4-7-12(11)10-22-8-5-9-23-15(22)13(16(24)25-2)14(21-23)17(18,19)20/h3-4,6-7H,5,8-10H2,1-2H3. The lowest BCUT2D eigenvalue weighted by atomic mass is 10.1. The summed E-state index contributed by atoms with van der Waals surface area (Å²) >= 11 is 0. The van der Waals surface area contributed by atoms with Crippen LogP contribution in [0.1, 0.15) is 33.6 Å². The first-order valence-corrected chi connectivity index (χ1v) is 7.88. The maximum Gasteiger partial charge on any atom is 0.436 e. The fraction of sp³-hybridized carbons (Fsp3) is 0.412. The van der Waals surface area contributed by atoms with Gasteiger partial charge < -0.3 is 9.64 Å². The van der Waals surface area contributed by atoms with Crippen molar-refractivity contribution in [2.45, 2.75) is 32.6 Å². The van der Waals surface area contributed by atoms with Crippen LogP contribution in [-0.4, -0.2) is 29.4 Å². The highest BCUT2D eigenvalue weighted by Crippen LogP contribution is 2.38. The molecule has 1 aromatic heterocycles. The molecule has 1 aliphatic rings. The molecule has 2 heterocycles. The minimum atomic E-state index is -4.72. The predicted molar refractivity (Wildman–Crippen MR) is 85.4 cm³/mol. The van der Waals surface area contributed by atoms with E-state index in [1.165, 1.54) is 4.68 Å². The largest absolute Gasteiger partial charge is 0.465 e. The Bertz CT molecular complexity index is 799. The second kappa shape index (κ2) is 6.42. The lowest BCUT2D eigenvalue weighted by Crippen LogP contribution is -2.33. The number of anilines is 1. The van der Waals surface area contributed by atoms with Crippen molar-refractivity contribution in [1.29, 1.82) is 0 Å². The minimum Gasteiger partial charge on any atom is -0.465 e. The number of nitrogens with zero attached hydrogens (tertiary/aromatic N) is 3. The van der Waals surface area contributed by atoms with Gasteiger partial charge in [0.25, 0.3) is 0 Å². The van der Waals surface area contributed by atoms with Gasteiger partial charge in [0, 0.05) is 19.6 Å². The molecule has 2 aromatic rings. The van der Waals surface area contributed by atoms with Crippen LogP contribution in [0.3, 0.4) is 0 Å². The van der Waals surface area contributed by atoms with E-state index in [0.29, 0.717) is 26.1 Å². The van der Waals surface area contributed by atoms with Crippen LogP contribution in [0.25, 0.3) is 0 Å². The van der Waals surface area contributed by atoms with Crippen molar-refractivity contribution < 1.29 is 22.7 Å². The topological polar surface area (TPSA) is 47.4 Å². The SMILES string of the molecule is COC(=O)c1c(C(F)(F)F)nn2c1N(Cc1ccccc1C)CCC2. The van der Waals surface area contributed by atoms with Crippen molar-refractivity contribution in [1.82, 2.24) is 9.78 Å². The molecule has 1 aliphatic heterocycles. The van der Waals surface area contributed by atoms with E-state index in [2.05, 4.69) is 9.84 Å². The van der Waals surface area contributed by atoms with Crippen LogP contribution in [0.15, 0.2) is 24.3 Å². The molecule has 0 fully saturated rings. The summed E-state index contributed by atoms with van der Waals surface area (Å²) in [5.41, 5.74) is 0.325. The fourth-order valence-corrected chi connectivity index (χ4v) is 3.08. The first-order valence-electron chi connectivity index (χ1n) is 7.88. The molecular weight excluding hydrogens is 335 g/mol. The molecule has 0 saturated heterocycles. The van der Waals surface area contributed by atoms with Gasteiger partial charge in [-0.25, -0.2) is 9.48 Å². The summed E-state index contributed by atoms with van der Waals surface area (Å²) in [6.07, 6.45) is -4.07. The van der Waals surface area contributed by atoms with Crippen LogP contribution in [0.5, 0.6) is 0 Å². The van der Waals surface area contributed by atoms with Crippen molar-refractivity contribution >= 4 is 11.8 Å². The number of methoxy groups -OCH3 is 1. The number of hydrogen-bond donors (Lipinski definition) is 0. The summed E-state index contributed by atoms with van der Waals surface area (Å²) in [6, 6.07) is 7.65. The molecule has 0 aliphatic carbocycles. The number of carbonyl (C=O) groups is 1. The Morgan fingerprint density at radius 3 is 2.64 bits per heavy atom. The highest BCUT2D eigenvalue weighted by Gasteiger charge is 2.43. The monoisotopic (exact) mass is 353 g/mol. The molecule has 0 unspecified atom stereocenters. The van der Waals surface area contributed by atoms with E-state index < -0.39 is 23.4 Å². The van der Waals surface area contributed by atoms with Crippen molar-refractivity contribution in [2.75, 3.05) is 18.6 Å². The molecule has 0 bridgehead atoms. The summed E-state index contributed by atoms with van der Waals surface area (Å²) in [5, 5.41) is 3.65. The normalized spacial score (nSPS) is 14.4. The van der Waals surface area contributed by atoms with Gasteiger partial charge in [-0.05, 0) is 24.5 Å².